The monoisotopic (exact) mass is 336 g/mol. The van der Waals surface area contributed by atoms with Gasteiger partial charge in [-0.3, -0.25) is 4.79 Å². The molecule has 2 atom stereocenters. The summed E-state index contributed by atoms with van der Waals surface area (Å²) in [4.78, 5) is 12.4. The minimum Gasteiger partial charge on any atom is -0.337 e. The van der Waals surface area contributed by atoms with E-state index in [9.17, 15) is 10.1 Å². The molecule has 2 unspecified atom stereocenters. The first kappa shape index (κ1) is 17.7. The van der Waals surface area contributed by atoms with E-state index in [0.29, 0.717) is 11.2 Å². The molecule has 1 aromatic heterocycles. The van der Waals surface area contributed by atoms with E-state index >= 15 is 0 Å². The molecule has 0 bridgehead atoms. The van der Waals surface area contributed by atoms with Gasteiger partial charge in [0.25, 0.3) is 0 Å². The fourth-order valence-corrected chi connectivity index (χ4v) is 3.37. The highest BCUT2D eigenvalue weighted by Crippen LogP contribution is 2.32. The fraction of sp³-hybridized carbons (Fsp3) is 0.800. The zero-order chi connectivity index (χ0) is 17.0. The molecule has 1 heterocycles. The van der Waals surface area contributed by atoms with E-state index in [1.165, 1.54) is 24.6 Å². The molecule has 1 aromatic rings. The Kier molecular flexibility index (Phi) is 5.63. The second-order valence-corrected chi connectivity index (χ2v) is 7.87. The van der Waals surface area contributed by atoms with E-state index in [1.807, 2.05) is 25.5 Å². The van der Waals surface area contributed by atoms with E-state index in [1.54, 1.807) is 6.92 Å². The molecule has 2 rings (SSSR count). The van der Waals surface area contributed by atoms with Gasteiger partial charge in [0.1, 0.15) is 5.54 Å². The maximum absolute atomic E-state index is 12.4. The van der Waals surface area contributed by atoms with Crippen LogP contribution in [0.4, 0.5) is 0 Å². The number of amides is 1. The Morgan fingerprint density at radius 2 is 2.09 bits per heavy atom. The Morgan fingerprint density at radius 1 is 1.43 bits per heavy atom. The van der Waals surface area contributed by atoms with Crippen molar-refractivity contribution in [1.82, 2.24) is 25.5 Å². The molecule has 1 fully saturated rings. The quantitative estimate of drug-likeness (QED) is 0.801. The van der Waals surface area contributed by atoms with Gasteiger partial charge in [0, 0.05) is 0 Å². The molecule has 126 valence electrons. The molecule has 0 aromatic carbocycles. The van der Waals surface area contributed by atoms with Gasteiger partial charge in [-0.25, -0.2) is 4.68 Å². The summed E-state index contributed by atoms with van der Waals surface area (Å²) in [5.74, 6) is -0.147. The Balaban J connectivity index is 2.02. The van der Waals surface area contributed by atoms with Crippen molar-refractivity contribution in [1.29, 1.82) is 5.26 Å². The van der Waals surface area contributed by atoms with Gasteiger partial charge in [-0.2, -0.15) is 5.26 Å². The number of hydrogen-bond donors (Lipinski definition) is 1. The lowest BCUT2D eigenvalue weighted by molar-refractivity contribution is -0.121. The van der Waals surface area contributed by atoms with E-state index in [2.05, 4.69) is 26.9 Å². The van der Waals surface area contributed by atoms with Crippen molar-refractivity contribution in [2.45, 2.75) is 75.4 Å². The third-order valence-electron chi connectivity index (χ3n) is 4.55. The molecule has 1 amide bonds. The van der Waals surface area contributed by atoms with Crippen LogP contribution in [0.2, 0.25) is 0 Å². The van der Waals surface area contributed by atoms with Gasteiger partial charge in [-0.15, -0.1) is 5.10 Å². The summed E-state index contributed by atoms with van der Waals surface area (Å²) in [5, 5.41) is 24.4. The van der Waals surface area contributed by atoms with Crippen LogP contribution in [0.1, 0.15) is 59.4 Å². The van der Waals surface area contributed by atoms with Gasteiger partial charge < -0.3 is 5.32 Å². The van der Waals surface area contributed by atoms with Crippen molar-refractivity contribution in [2.75, 3.05) is 0 Å². The van der Waals surface area contributed by atoms with Gasteiger partial charge in [-0.1, -0.05) is 38.5 Å². The van der Waals surface area contributed by atoms with Gasteiger partial charge in [0.2, 0.25) is 11.1 Å². The van der Waals surface area contributed by atoms with Crippen LogP contribution in [0, 0.1) is 17.2 Å². The van der Waals surface area contributed by atoms with E-state index < -0.39 is 5.54 Å². The molecule has 8 heteroatoms. The van der Waals surface area contributed by atoms with Crippen LogP contribution in [-0.4, -0.2) is 36.9 Å². The standard InChI is InChI=1S/C15H24N6OS/c1-10(2)15(4,9-16)17-13(22)11(3)23-14-18-19-20-21(14)12-7-5-6-8-12/h10-12H,5-8H2,1-4H3,(H,17,22). The van der Waals surface area contributed by atoms with Crippen molar-refractivity contribution >= 4 is 17.7 Å². The summed E-state index contributed by atoms with van der Waals surface area (Å²) >= 11 is 1.34. The predicted octanol–water partition coefficient (Wildman–Crippen LogP) is 2.32. The van der Waals surface area contributed by atoms with Crippen molar-refractivity contribution in [3.8, 4) is 6.07 Å². The molecule has 0 radical (unpaired) electrons. The molecule has 1 saturated carbocycles. The van der Waals surface area contributed by atoms with Crippen LogP contribution in [0.3, 0.4) is 0 Å². The molecule has 1 aliphatic carbocycles. The van der Waals surface area contributed by atoms with Crippen molar-refractivity contribution in [3.63, 3.8) is 0 Å². The Labute approximate surface area is 141 Å². The van der Waals surface area contributed by atoms with Gasteiger partial charge in [0.15, 0.2) is 0 Å². The summed E-state index contributed by atoms with van der Waals surface area (Å²) in [6.07, 6.45) is 4.55. The smallest absolute Gasteiger partial charge is 0.234 e. The summed E-state index contributed by atoms with van der Waals surface area (Å²) in [5.41, 5.74) is -0.872. The normalized spacial score (nSPS) is 19.3. The second kappa shape index (κ2) is 7.30. The predicted molar refractivity (Wildman–Crippen MR) is 87.6 cm³/mol. The van der Waals surface area contributed by atoms with E-state index in [0.717, 1.165) is 12.8 Å². The van der Waals surface area contributed by atoms with Gasteiger partial charge >= 0.3 is 0 Å². The maximum atomic E-state index is 12.4. The highest BCUT2D eigenvalue weighted by molar-refractivity contribution is 8.00. The Morgan fingerprint density at radius 3 is 2.65 bits per heavy atom. The third kappa shape index (κ3) is 4.02. The first-order valence-electron chi connectivity index (χ1n) is 8.05. The van der Waals surface area contributed by atoms with Crippen molar-refractivity contribution < 1.29 is 4.79 Å². The number of carbonyl (C=O) groups is 1. The van der Waals surface area contributed by atoms with E-state index in [4.69, 9.17) is 0 Å². The molecule has 1 aliphatic rings. The summed E-state index contributed by atoms with van der Waals surface area (Å²) < 4.78 is 1.84. The van der Waals surface area contributed by atoms with E-state index in [-0.39, 0.29) is 17.1 Å². The van der Waals surface area contributed by atoms with Crippen LogP contribution >= 0.6 is 11.8 Å². The number of nitrogens with zero attached hydrogens (tertiary/aromatic N) is 5. The molecular formula is C15H24N6OS. The molecule has 23 heavy (non-hydrogen) atoms. The van der Waals surface area contributed by atoms with Crippen LogP contribution in [-0.2, 0) is 4.79 Å². The number of thioether (sulfide) groups is 1. The number of tetrazole rings is 1. The summed E-state index contributed by atoms with van der Waals surface area (Å²) in [6, 6.07) is 2.53. The number of carbonyl (C=O) groups excluding carboxylic acids is 1. The number of nitriles is 1. The third-order valence-corrected chi connectivity index (χ3v) is 5.60. The molecule has 0 spiro atoms. The Hall–Kier alpha value is -1.62. The Bertz CT molecular complexity index is 589. The highest BCUT2D eigenvalue weighted by Gasteiger charge is 2.32. The van der Waals surface area contributed by atoms with Crippen molar-refractivity contribution in [3.05, 3.63) is 0 Å². The lowest BCUT2D eigenvalue weighted by Gasteiger charge is -2.28. The lowest BCUT2D eigenvalue weighted by atomic mass is 9.90. The average Bonchev–Trinajstić information content (AvgIpc) is 3.17. The van der Waals surface area contributed by atoms with Crippen LogP contribution in [0.5, 0.6) is 0 Å². The SMILES string of the molecule is CC(Sc1nnnn1C1CCCC1)C(=O)NC(C)(C#N)C(C)C. The first-order valence-corrected chi connectivity index (χ1v) is 8.93. The topological polar surface area (TPSA) is 96.5 Å². The first-order chi connectivity index (χ1) is 10.9. The fourth-order valence-electron chi connectivity index (χ4n) is 2.51. The second-order valence-electron chi connectivity index (χ2n) is 6.56. The molecule has 0 aliphatic heterocycles. The molecular weight excluding hydrogens is 312 g/mol. The number of hydrogen-bond acceptors (Lipinski definition) is 6. The molecule has 0 saturated heterocycles. The van der Waals surface area contributed by atoms with Crippen molar-refractivity contribution in [2.24, 2.45) is 5.92 Å². The molecule has 7 nitrogen and oxygen atoms in total. The number of aromatic nitrogens is 4. The zero-order valence-corrected chi connectivity index (χ0v) is 14.9. The maximum Gasteiger partial charge on any atom is 0.234 e. The minimum absolute atomic E-state index is 0.0254. The highest BCUT2D eigenvalue weighted by atomic mass is 32.2. The summed E-state index contributed by atoms with van der Waals surface area (Å²) in [6.45, 7) is 7.39. The summed E-state index contributed by atoms with van der Waals surface area (Å²) in [7, 11) is 0. The van der Waals surface area contributed by atoms with Gasteiger partial charge in [-0.05, 0) is 43.0 Å². The van der Waals surface area contributed by atoms with Crippen LogP contribution < -0.4 is 5.32 Å². The minimum atomic E-state index is -0.872. The molecule has 1 N–H and O–H groups in total. The van der Waals surface area contributed by atoms with Gasteiger partial charge in [0.05, 0.1) is 17.4 Å². The van der Waals surface area contributed by atoms with Crippen LogP contribution in [0.25, 0.3) is 0 Å². The zero-order valence-electron chi connectivity index (χ0n) is 14.1. The number of nitrogens with one attached hydrogen (secondary N) is 1. The largest absolute Gasteiger partial charge is 0.337 e. The average molecular weight is 336 g/mol. The lowest BCUT2D eigenvalue weighted by Crippen LogP contribution is -2.51. The number of rotatable bonds is 6. The van der Waals surface area contributed by atoms with Crippen LogP contribution in [0.15, 0.2) is 5.16 Å².